The van der Waals surface area contributed by atoms with Crippen molar-refractivity contribution in [3.63, 3.8) is 0 Å². The standard InChI is InChI=1S/C20H28F2N4O4/c1-4-11-23-16(27)12-25(3)13-26-17(28)20(2,24-19(26)29)10-9-14-5-7-15(8-6-14)30-18(21)22/h5-8,18H,4,9-13H2,1-3H3,(H,23,27)(H,24,29)/t20-/m1/s1. The zero-order valence-electron chi connectivity index (χ0n) is 17.4. The zero-order chi connectivity index (χ0) is 22.3. The van der Waals surface area contributed by atoms with E-state index in [-0.39, 0.29) is 30.8 Å². The number of amides is 4. The van der Waals surface area contributed by atoms with Crippen LogP contribution in [0.2, 0.25) is 0 Å². The number of urea groups is 1. The van der Waals surface area contributed by atoms with Gasteiger partial charge in [-0.05, 0) is 50.9 Å². The van der Waals surface area contributed by atoms with Crippen LogP contribution < -0.4 is 15.4 Å². The molecule has 0 unspecified atom stereocenters. The summed E-state index contributed by atoms with van der Waals surface area (Å²) < 4.78 is 28.8. The summed E-state index contributed by atoms with van der Waals surface area (Å²) in [7, 11) is 1.66. The van der Waals surface area contributed by atoms with E-state index in [1.165, 1.54) is 12.1 Å². The number of nitrogens with one attached hydrogen (secondary N) is 2. The van der Waals surface area contributed by atoms with E-state index >= 15 is 0 Å². The number of hydrogen-bond acceptors (Lipinski definition) is 5. The molecule has 0 saturated carbocycles. The van der Waals surface area contributed by atoms with Gasteiger partial charge in [-0.1, -0.05) is 19.1 Å². The monoisotopic (exact) mass is 426 g/mol. The van der Waals surface area contributed by atoms with E-state index < -0.39 is 18.2 Å². The number of alkyl halides is 2. The number of carbonyl (C=O) groups excluding carboxylic acids is 3. The van der Waals surface area contributed by atoms with E-state index in [0.29, 0.717) is 19.4 Å². The third kappa shape index (κ3) is 6.38. The highest BCUT2D eigenvalue weighted by Crippen LogP contribution is 2.24. The average Bonchev–Trinajstić information content (AvgIpc) is 2.89. The maximum atomic E-state index is 12.8. The molecular formula is C20H28F2N4O4. The van der Waals surface area contributed by atoms with Crippen LogP contribution >= 0.6 is 0 Å². The third-order valence-corrected chi connectivity index (χ3v) is 4.78. The fourth-order valence-corrected chi connectivity index (χ4v) is 3.13. The minimum absolute atomic E-state index is 0.000530. The molecule has 1 saturated heterocycles. The van der Waals surface area contributed by atoms with E-state index in [1.54, 1.807) is 31.0 Å². The SMILES string of the molecule is CCCNC(=O)CN(C)CN1C(=O)N[C@](C)(CCc2ccc(OC(F)F)cc2)C1=O. The minimum atomic E-state index is -2.89. The summed E-state index contributed by atoms with van der Waals surface area (Å²) in [5.41, 5.74) is -0.261. The van der Waals surface area contributed by atoms with Crippen molar-refractivity contribution in [1.82, 2.24) is 20.4 Å². The van der Waals surface area contributed by atoms with Gasteiger partial charge in [0, 0.05) is 6.54 Å². The van der Waals surface area contributed by atoms with Crippen molar-refractivity contribution in [2.75, 3.05) is 26.8 Å². The predicted molar refractivity (Wildman–Crippen MR) is 106 cm³/mol. The van der Waals surface area contributed by atoms with Crippen LogP contribution in [0.4, 0.5) is 13.6 Å². The Morgan fingerprint density at radius 1 is 1.30 bits per heavy atom. The molecule has 0 aliphatic carbocycles. The van der Waals surface area contributed by atoms with Gasteiger partial charge in [-0.2, -0.15) is 8.78 Å². The molecule has 0 radical (unpaired) electrons. The Kier molecular flexibility index (Phi) is 8.10. The maximum Gasteiger partial charge on any atom is 0.387 e. The molecule has 1 aliphatic heterocycles. The van der Waals surface area contributed by atoms with Crippen LogP contribution in [0.15, 0.2) is 24.3 Å². The number of halogens is 2. The zero-order valence-corrected chi connectivity index (χ0v) is 17.4. The summed E-state index contributed by atoms with van der Waals surface area (Å²) in [4.78, 5) is 39.7. The van der Waals surface area contributed by atoms with E-state index in [2.05, 4.69) is 15.4 Å². The number of carbonyl (C=O) groups is 3. The number of imide groups is 1. The van der Waals surface area contributed by atoms with Crippen molar-refractivity contribution in [2.45, 2.75) is 45.3 Å². The Morgan fingerprint density at radius 2 is 1.97 bits per heavy atom. The molecule has 2 rings (SSSR count). The summed E-state index contributed by atoms with van der Waals surface area (Å²) in [6.07, 6.45) is 1.62. The Balaban J connectivity index is 1.91. The number of hydrogen-bond donors (Lipinski definition) is 2. The van der Waals surface area contributed by atoms with E-state index in [4.69, 9.17) is 0 Å². The average molecular weight is 426 g/mol. The van der Waals surface area contributed by atoms with Crippen molar-refractivity contribution in [3.8, 4) is 5.75 Å². The van der Waals surface area contributed by atoms with Gasteiger partial charge in [0.15, 0.2) is 0 Å². The third-order valence-electron chi connectivity index (χ3n) is 4.78. The molecule has 1 fully saturated rings. The molecule has 166 valence electrons. The fourth-order valence-electron chi connectivity index (χ4n) is 3.13. The lowest BCUT2D eigenvalue weighted by molar-refractivity contribution is -0.133. The van der Waals surface area contributed by atoms with Crippen LogP contribution in [-0.4, -0.2) is 66.6 Å². The summed E-state index contributed by atoms with van der Waals surface area (Å²) in [6, 6.07) is 5.64. The van der Waals surface area contributed by atoms with Crippen LogP contribution in [0.5, 0.6) is 5.75 Å². The molecule has 1 heterocycles. The lowest BCUT2D eigenvalue weighted by Gasteiger charge is -2.24. The fraction of sp³-hybridized carbons (Fsp3) is 0.550. The van der Waals surface area contributed by atoms with Crippen molar-refractivity contribution < 1.29 is 27.9 Å². The summed E-state index contributed by atoms with van der Waals surface area (Å²) in [6.45, 7) is 1.35. The lowest BCUT2D eigenvalue weighted by atomic mass is 9.93. The number of benzene rings is 1. The first-order valence-corrected chi connectivity index (χ1v) is 9.77. The molecule has 0 bridgehead atoms. The van der Waals surface area contributed by atoms with Gasteiger partial charge in [0.1, 0.15) is 11.3 Å². The second kappa shape index (κ2) is 10.3. The molecule has 1 aliphatic rings. The van der Waals surface area contributed by atoms with E-state index in [0.717, 1.165) is 16.9 Å². The van der Waals surface area contributed by atoms with E-state index in [9.17, 15) is 23.2 Å². The summed E-state index contributed by atoms with van der Waals surface area (Å²) in [5.74, 6) is -0.484. The molecule has 10 heteroatoms. The van der Waals surface area contributed by atoms with Crippen LogP contribution in [0.25, 0.3) is 0 Å². The molecule has 0 aromatic heterocycles. The van der Waals surface area contributed by atoms with Gasteiger partial charge in [-0.3, -0.25) is 14.5 Å². The molecule has 1 aromatic rings. The van der Waals surface area contributed by atoms with Gasteiger partial charge in [0.2, 0.25) is 5.91 Å². The minimum Gasteiger partial charge on any atom is -0.435 e. The Hall–Kier alpha value is -2.75. The topological polar surface area (TPSA) is 91.0 Å². The van der Waals surface area contributed by atoms with Crippen LogP contribution in [0, 0.1) is 0 Å². The molecular weight excluding hydrogens is 398 g/mol. The number of rotatable bonds is 11. The smallest absolute Gasteiger partial charge is 0.387 e. The van der Waals surface area contributed by atoms with Gasteiger partial charge in [0.25, 0.3) is 5.91 Å². The first kappa shape index (κ1) is 23.5. The molecule has 30 heavy (non-hydrogen) atoms. The van der Waals surface area contributed by atoms with Crippen molar-refractivity contribution in [3.05, 3.63) is 29.8 Å². The summed E-state index contributed by atoms with van der Waals surface area (Å²) in [5, 5.41) is 5.46. The molecule has 1 aromatic carbocycles. The molecule has 8 nitrogen and oxygen atoms in total. The Labute approximate surface area is 174 Å². The molecule has 1 atom stereocenters. The molecule has 4 amide bonds. The van der Waals surface area contributed by atoms with Gasteiger partial charge >= 0.3 is 12.6 Å². The number of ether oxygens (including phenoxy) is 1. The first-order chi connectivity index (χ1) is 14.1. The quantitative estimate of drug-likeness (QED) is 0.528. The van der Waals surface area contributed by atoms with Gasteiger partial charge < -0.3 is 15.4 Å². The largest absolute Gasteiger partial charge is 0.435 e. The van der Waals surface area contributed by atoms with Crippen LogP contribution in [0.3, 0.4) is 0 Å². The highest BCUT2D eigenvalue weighted by atomic mass is 19.3. The van der Waals surface area contributed by atoms with Crippen LogP contribution in [0.1, 0.15) is 32.3 Å². The second-order valence-corrected chi connectivity index (χ2v) is 7.52. The normalized spacial score (nSPS) is 18.8. The van der Waals surface area contributed by atoms with Crippen LogP contribution in [-0.2, 0) is 16.0 Å². The Morgan fingerprint density at radius 3 is 2.57 bits per heavy atom. The predicted octanol–water partition coefficient (Wildman–Crippen LogP) is 1.95. The lowest BCUT2D eigenvalue weighted by Crippen LogP contribution is -2.46. The van der Waals surface area contributed by atoms with E-state index in [1.807, 2.05) is 6.92 Å². The molecule has 2 N–H and O–H groups in total. The Bertz CT molecular complexity index is 760. The maximum absolute atomic E-state index is 12.8. The molecule has 0 spiro atoms. The second-order valence-electron chi connectivity index (χ2n) is 7.52. The summed E-state index contributed by atoms with van der Waals surface area (Å²) >= 11 is 0. The van der Waals surface area contributed by atoms with Gasteiger partial charge in [0.05, 0.1) is 13.2 Å². The van der Waals surface area contributed by atoms with Gasteiger partial charge in [-0.15, -0.1) is 0 Å². The van der Waals surface area contributed by atoms with Crippen molar-refractivity contribution in [1.29, 1.82) is 0 Å². The number of nitrogens with zero attached hydrogens (tertiary/aromatic N) is 2. The highest BCUT2D eigenvalue weighted by molar-refractivity contribution is 6.06. The van der Waals surface area contributed by atoms with Crippen molar-refractivity contribution >= 4 is 17.8 Å². The number of likely N-dealkylation sites (N-methyl/N-ethyl adjacent to an activating group) is 1. The van der Waals surface area contributed by atoms with Crippen molar-refractivity contribution in [2.24, 2.45) is 0 Å². The highest BCUT2D eigenvalue weighted by Gasteiger charge is 2.47. The van der Waals surface area contributed by atoms with Gasteiger partial charge in [-0.25, -0.2) is 9.69 Å². The first-order valence-electron chi connectivity index (χ1n) is 9.77. The number of aryl methyl sites for hydroxylation is 1.